The maximum Gasteiger partial charge on any atom is 0.161 e. The zero-order valence-electron chi connectivity index (χ0n) is 12.1. The first-order chi connectivity index (χ1) is 10.3. The summed E-state index contributed by atoms with van der Waals surface area (Å²) >= 11 is 0. The van der Waals surface area contributed by atoms with Gasteiger partial charge in [-0.2, -0.15) is 0 Å². The molecule has 21 heavy (non-hydrogen) atoms. The van der Waals surface area contributed by atoms with Crippen molar-refractivity contribution in [3.05, 3.63) is 54.1 Å². The number of hydrogen-bond donors (Lipinski definition) is 0. The first-order valence-electron chi connectivity index (χ1n) is 6.63. The molecule has 0 radical (unpaired) electrons. The van der Waals surface area contributed by atoms with Gasteiger partial charge < -0.3 is 19.0 Å². The number of rotatable bonds is 7. The third-order valence-corrected chi connectivity index (χ3v) is 3.20. The highest BCUT2D eigenvalue weighted by Gasteiger charge is 2.13. The van der Waals surface area contributed by atoms with Gasteiger partial charge in [0.2, 0.25) is 0 Å². The van der Waals surface area contributed by atoms with Gasteiger partial charge in [-0.3, -0.25) is 0 Å². The SMILES string of the molecule is COc1ccc(C(C=O)COc2ccccc2OC)cc1. The smallest absolute Gasteiger partial charge is 0.161 e. The number of benzene rings is 2. The number of para-hydroxylation sites is 2. The lowest BCUT2D eigenvalue weighted by molar-refractivity contribution is -0.109. The summed E-state index contributed by atoms with van der Waals surface area (Å²) in [5, 5.41) is 0. The molecule has 0 aliphatic rings. The Hall–Kier alpha value is -2.49. The highest BCUT2D eigenvalue weighted by Crippen LogP contribution is 2.27. The van der Waals surface area contributed by atoms with E-state index in [0.717, 1.165) is 17.6 Å². The van der Waals surface area contributed by atoms with E-state index in [0.29, 0.717) is 11.5 Å². The molecule has 110 valence electrons. The Labute approximate surface area is 124 Å². The van der Waals surface area contributed by atoms with Crippen molar-refractivity contribution in [2.75, 3.05) is 20.8 Å². The van der Waals surface area contributed by atoms with Crippen molar-refractivity contribution < 1.29 is 19.0 Å². The minimum absolute atomic E-state index is 0.260. The number of methoxy groups -OCH3 is 2. The molecule has 0 bridgehead atoms. The minimum Gasteiger partial charge on any atom is -0.497 e. The summed E-state index contributed by atoms with van der Waals surface area (Å²) in [4.78, 5) is 11.3. The second kappa shape index (κ2) is 7.33. The van der Waals surface area contributed by atoms with E-state index >= 15 is 0 Å². The summed E-state index contributed by atoms with van der Waals surface area (Å²) < 4.78 is 16.0. The van der Waals surface area contributed by atoms with Crippen LogP contribution < -0.4 is 14.2 Å². The number of ether oxygens (including phenoxy) is 3. The third kappa shape index (κ3) is 3.75. The second-order valence-electron chi connectivity index (χ2n) is 4.48. The quantitative estimate of drug-likeness (QED) is 0.734. The topological polar surface area (TPSA) is 44.8 Å². The van der Waals surface area contributed by atoms with Crippen LogP contribution in [-0.2, 0) is 4.79 Å². The molecular formula is C17H18O4. The van der Waals surface area contributed by atoms with Crippen molar-refractivity contribution in [2.45, 2.75) is 5.92 Å². The van der Waals surface area contributed by atoms with Crippen LogP contribution in [0.3, 0.4) is 0 Å². The van der Waals surface area contributed by atoms with Crippen LogP contribution in [-0.4, -0.2) is 27.1 Å². The maximum absolute atomic E-state index is 11.3. The van der Waals surface area contributed by atoms with Crippen molar-refractivity contribution >= 4 is 6.29 Å². The molecule has 0 saturated carbocycles. The lowest BCUT2D eigenvalue weighted by Crippen LogP contribution is -2.12. The molecule has 0 N–H and O–H groups in total. The van der Waals surface area contributed by atoms with E-state index in [-0.39, 0.29) is 12.5 Å². The van der Waals surface area contributed by atoms with E-state index in [2.05, 4.69) is 0 Å². The third-order valence-electron chi connectivity index (χ3n) is 3.20. The molecule has 4 heteroatoms. The van der Waals surface area contributed by atoms with E-state index in [1.165, 1.54) is 0 Å². The summed E-state index contributed by atoms with van der Waals surface area (Å²) in [5.41, 5.74) is 0.890. The van der Waals surface area contributed by atoms with Gasteiger partial charge in [-0.25, -0.2) is 0 Å². The summed E-state index contributed by atoms with van der Waals surface area (Å²) in [6, 6.07) is 14.7. The Bertz CT molecular complexity index is 578. The zero-order chi connectivity index (χ0) is 15.1. The van der Waals surface area contributed by atoms with Gasteiger partial charge in [-0.15, -0.1) is 0 Å². The molecule has 2 aromatic rings. The largest absolute Gasteiger partial charge is 0.497 e. The fourth-order valence-corrected chi connectivity index (χ4v) is 1.98. The predicted octanol–water partition coefficient (Wildman–Crippen LogP) is 3.07. The molecule has 2 aromatic carbocycles. The molecule has 0 saturated heterocycles. The van der Waals surface area contributed by atoms with Crippen LogP contribution in [0.15, 0.2) is 48.5 Å². The average Bonchev–Trinajstić information content (AvgIpc) is 2.56. The van der Waals surface area contributed by atoms with Crippen LogP contribution in [0.2, 0.25) is 0 Å². The van der Waals surface area contributed by atoms with Gasteiger partial charge in [-0.05, 0) is 29.8 Å². The van der Waals surface area contributed by atoms with Crippen molar-refractivity contribution in [3.63, 3.8) is 0 Å². The molecule has 0 aromatic heterocycles. The molecule has 0 aliphatic carbocycles. The number of carbonyl (C=O) groups is 1. The molecule has 0 aliphatic heterocycles. The van der Waals surface area contributed by atoms with Crippen molar-refractivity contribution in [1.82, 2.24) is 0 Å². The second-order valence-corrected chi connectivity index (χ2v) is 4.48. The molecule has 1 unspecified atom stereocenters. The van der Waals surface area contributed by atoms with E-state index < -0.39 is 0 Å². The minimum atomic E-state index is -0.333. The van der Waals surface area contributed by atoms with E-state index in [1.807, 2.05) is 48.5 Å². The highest BCUT2D eigenvalue weighted by molar-refractivity contribution is 5.62. The van der Waals surface area contributed by atoms with Crippen molar-refractivity contribution in [2.24, 2.45) is 0 Å². The van der Waals surface area contributed by atoms with Gasteiger partial charge in [0, 0.05) is 0 Å². The van der Waals surface area contributed by atoms with Crippen LogP contribution in [0, 0.1) is 0 Å². The molecule has 4 nitrogen and oxygen atoms in total. The molecule has 1 atom stereocenters. The highest BCUT2D eigenvalue weighted by atomic mass is 16.5. The maximum atomic E-state index is 11.3. The van der Waals surface area contributed by atoms with E-state index in [4.69, 9.17) is 14.2 Å². The van der Waals surface area contributed by atoms with E-state index in [9.17, 15) is 4.79 Å². The fourth-order valence-electron chi connectivity index (χ4n) is 1.98. The lowest BCUT2D eigenvalue weighted by Gasteiger charge is -2.14. The fraction of sp³-hybridized carbons (Fsp3) is 0.235. The Balaban J connectivity index is 2.06. The number of hydrogen-bond acceptors (Lipinski definition) is 4. The average molecular weight is 286 g/mol. The van der Waals surface area contributed by atoms with Crippen LogP contribution in [0.4, 0.5) is 0 Å². The standard InChI is InChI=1S/C17H18O4/c1-19-15-9-7-13(8-10-15)14(11-18)12-21-17-6-4-3-5-16(17)20-2/h3-11,14H,12H2,1-2H3. The molecule has 0 fully saturated rings. The molecule has 0 heterocycles. The summed E-state index contributed by atoms with van der Waals surface area (Å²) in [5.74, 6) is 1.70. The number of carbonyl (C=O) groups excluding carboxylic acids is 1. The van der Waals surface area contributed by atoms with Crippen LogP contribution in [0.5, 0.6) is 17.2 Å². The van der Waals surface area contributed by atoms with Gasteiger partial charge in [0.25, 0.3) is 0 Å². The monoisotopic (exact) mass is 286 g/mol. The molecule has 0 spiro atoms. The first-order valence-corrected chi connectivity index (χ1v) is 6.63. The van der Waals surface area contributed by atoms with Crippen molar-refractivity contribution in [1.29, 1.82) is 0 Å². The lowest BCUT2D eigenvalue weighted by atomic mass is 10.0. The van der Waals surface area contributed by atoms with Crippen LogP contribution in [0.25, 0.3) is 0 Å². The Morgan fingerprint density at radius 3 is 2.19 bits per heavy atom. The summed E-state index contributed by atoms with van der Waals surface area (Å²) in [6.45, 7) is 0.260. The Kier molecular flexibility index (Phi) is 5.21. The van der Waals surface area contributed by atoms with Gasteiger partial charge >= 0.3 is 0 Å². The van der Waals surface area contributed by atoms with Crippen molar-refractivity contribution in [3.8, 4) is 17.2 Å². The molecular weight excluding hydrogens is 268 g/mol. The Morgan fingerprint density at radius 2 is 1.62 bits per heavy atom. The van der Waals surface area contributed by atoms with Crippen LogP contribution >= 0.6 is 0 Å². The Morgan fingerprint density at radius 1 is 0.952 bits per heavy atom. The first kappa shape index (κ1) is 14.9. The van der Waals surface area contributed by atoms with Gasteiger partial charge in [0.05, 0.1) is 20.1 Å². The zero-order valence-corrected chi connectivity index (χ0v) is 12.1. The molecule has 2 rings (SSSR count). The van der Waals surface area contributed by atoms with Crippen LogP contribution in [0.1, 0.15) is 11.5 Å². The summed E-state index contributed by atoms with van der Waals surface area (Å²) in [7, 11) is 3.19. The molecule has 0 amide bonds. The summed E-state index contributed by atoms with van der Waals surface area (Å²) in [6.07, 6.45) is 0.886. The van der Waals surface area contributed by atoms with Gasteiger partial charge in [0.15, 0.2) is 11.5 Å². The van der Waals surface area contributed by atoms with Gasteiger partial charge in [-0.1, -0.05) is 24.3 Å². The predicted molar refractivity (Wildman–Crippen MR) is 80.3 cm³/mol. The van der Waals surface area contributed by atoms with Gasteiger partial charge in [0.1, 0.15) is 18.6 Å². The normalized spacial score (nSPS) is 11.5. The number of aldehydes is 1. The van der Waals surface area contributed by atoms with E-state index in [1.54, 1.807) is 14.2 Å².